The van der Waals surface area contributed by atoms with E-state index in [1.165, 1.54) is 32.1 Å². The maximum atomic E-state index is 13.2. The first-order valence-electron chi connectivity index (χ1n) is 10.0. The number of hydrogen-bond donors (Lipinski definition) is 1. The molecule has 0 radical (unpaired) electrons. The van der Waals surface area contributed by atoms with Gasteiger partial charge in [0.1, 0.15) is 0 Å². The highest BCUT2D eigenvalue weighted by Crippen LogP contribution is 2.36. The third-order valence-corrected chi connectivity index (χ3v) is 5.60. The van der Waals surface area contributed by atoms with Gasteiger partial charge in [0.25, 0.3) is 5.91 Å². The van der Waals surface area contributed by atoms with Crippen molar-refractivity contribution in [2.24, 2.45) is 5.92 Å². The van der Waals surface area contributed by atoms with E-state index >= 15 is 0 Å². The van der Waals surface area contributed by atoms with Crippen molar-refractivity contribution in [3.63, 3.8) is 0 Å². The Balaban J connectivity index is 1.76. The lowest BCUT2D eigenvalue weighted by atomic mass is 9.83. The summed E-state index contributed by atoms with van der Waals surface area (Å²) < 4.78 is 10.9. The van der Waals surface area contributed by atoms with Gasteiger partial charge in [0.15, 0.2) is 18.1 Å². The average molecular weight is 375 g/mol. The number of nitrogens with zero attached hydrogens (tertiary/aromatic N) is 1. The van der Waals surface area contributed by atoms with E-state index in [4.69, 9.17) is 14.6 Å². The summed E-state index contributed by atoms with van der Waals surface area (Å²) in [6.07, 6.45) is 8.45. The van der Waals surface area contributed by atoms with Gasteiger partial charge in [-0.1, -0.05) is 19.3 Å². The van der Waals surface area contributed by atoms with Gasteiger partial charge in [-0.05, 0) is 56.7 Å². The minimum absolute atomic E-state index is 0.0359. The van der Waals surface area contributed by atoms with E-state index in [2.05, 4.69) is 0 Å². The number of hydrogen-bond acceptors (Lipinski definition) is 4. The molecule has 1 amide bonds. The Bertz CT molecular complexity index is 669. The van der Waals surface area contributed by atoms with Gasteiger partial charge in [0.2, 0.25) is 0 Å². The van der Waals surface area contributed by atoms with Crippen LogP contribution in [-0.2, 0) is 4.79 Å². The molecule has 1 atom stereocenters. The number of aliphatic carboxylic acids is 1. The van der Waals surface area contributed by atoms with Crippen LogP contribution < -0.4 is 9.47 Å². The molecule has 1 saturated heterocycles. The summed E-state index contributed by atoms with van der Waals surface area (Å²) in [4.78, 5) is 26.0. The second-order valence-electron chi connectivity index (χ2n) is 7.38. The summed E-state index contributed by atoms with van der Waals surface area (Å²) in [5.74, 6) is 0.368. The monoisotopic (exact) mass is 375 g/mol. The molecule has 2 aliphatic rings. The van der Waals surface area contributed by atoms with Gasteiger partial charge in [-0.25, -0.2) is 4.79 Å². The van der Waals surface area contributed by atoms with E-state index < -0.39 is 12.6 Å². The maximum Gasteiger partial charge on any atom is 0.341 e. The van der Waals surface area contributed by atoms with E-state index in [9.17, 15) is 9.59 Å². The van der Waals surface area contributed by atoms with Crippen LogP contribution in [0.5, 0.6) is 11.5 Å². The van der Waals surface area contributed by atoms with Crippen LogP contribution in [0.3, 0.4) is 0 Å². The largest absolute Gasteiger partial charge is 0.490 e. The SMILES string of the molecule is CCOc1cc(C(=O)N2CCCC2C2CCCCC2)ccc1OCC(=O)O. The van der Waals surface area contributed by atoms with Gasteiger partial charge in [-0.3, -0.25) is 4.79 Å². The van der Waals surface area contributed by atoms with Crippen LogP contribution >= 0.6 is 0 Å². The highest BCUT2D eigenvalue weighted by atomic mass is 16.5. The fraction of sp³-hybridized carbons (Fsp3) is 0.619. The van der Waals surface area contributed by atoms with Gasteiger partial charge in [0, 0.05) is 18.2 Å². The minimum atomic E-state index is -1.05. The highest BCUT2D eigenvalue weighted by molar-refractivity contribution is 5.95. The van der Waals surface area contributed by atoms with Crippen LogP contribution in [0.25, 0.3) is 0 Å². The number of carbonyl (C=O) groups excluding carboxylic acids is 1. The van der Waals surface area contributed by atoms with Gasteiger partial charge in [0.05, 0.1) is 6.61 Å². The molecule has 6 heteroatoms. The first-order chi connectivity index (χ1) is 13.1. The number of amides is 1. The molecule has 1 saturated carbocycles. The standard InChI is InChI=1S/C21H29NO5/c1-2-26-19-13-16(10-11-18(19)27-14-20(23)24)21(25)22-12-6-9-17(22)15-7-4-3-5-8-15/h10-11,13,15,17H,2-9,12,14H2,1H3,(H,23,24). The zero-order valence-corrected chi connectivity index (χ0v) is 16.0. The van der Waals surface area contributed by atoms with Gasteiger partial charge in [-0.15, -0.1) is 0 Å². The molecule has 0 bridgehead atoms. The van der Waals surface area contributed by atoms with Gasteiger partial charge >= 0.3 is 5.97 Å². The normalized spacial score (nSPS) is 20.5. The van der Waals surface area contributed by atoms with Crippen molar-refractivity contribution in [3.8, 4) is 11.5 Å². The molecule has 3 rings (SSSR count). The number of benzene rings is 1. The van der Waals surface area contributed by atoms with Crippen molar-refractivity contribution in [2.45, 2.75) is 57.9 Å². The lowest BCUT2D eigenvalue weighted by Crippen LogP contribution is -2.40. The molecule has 0 aromatic heterocycles. The molecule has 1 aliphatic carbocycles. The molecule has 0 spiro atoms. The molecular weight excluding hydrogens is 346 g/mol. The highest BCUT2D eigenvalue weighted by Gasteiger charge is 2.35. The molecule has 6 nitrogen and oxygen atoms in total. The Morgan fingerprint density at radius 3 is 2.56 bits per heavy atom. The molecule has 2 fully saturated rings. The van der Waals surface area contributed by atoms with E-state index in [1.54, 1.807) is 18.2 Å². The zero-order valence-electron chi connectivity index (χ0n) is 16.0. The summed E-state index contributed by atoms with van der Waals surface area (Å²) in [7, 11) is 0. The molecular formula is C21H29NO5. The van der Waals surface area contributed by atoms with Crippen LogP contribution in [0.1, 0.15) is 62.2 Å². The summed E-state index contributed by atoms with van der Waals surface area (Å²) >= 11 is 0. The second kappa shape index (κ2) is 9.11. The molecule has 148 valence electrons. The van der Waals surface area contributed by atoms with Gasteiger partial charge < -0.3 is 19.5 Å². The van der Waals surface area contributed by atoms with E-state index in [1.807, 2.05) is 11.8 Å². The van der Waals surface area contributed by atoms with Crippen LogP contribution in [0.15, 0.2) is 18.2 Å². The summed E-state index contributed by atoms with van der Waals surface area (Å²) in [6.45, 7) is 2.62. The Labute approximate surface area is 160 Å². The first-order valence-corrected chi connectivity index (χ1v) is 10.0. The fourth-order valence-electron chi connectivity index (χ4n) is 4.39. The topological polar surface area (TPSA) is 76.1 Å². The lowest BCUT2D eigenvalue weighted by molar-refractivity contribution is -0.139. The van der Waals surface area contributed by atoms with Gasteiger partial charge in [-0.2, -0.15) is 0 Å². The Hall–Kier alpha value is -2.24. The van der Waals surface area contributed by atoms with Crippen molar-refractivity contribution in [1.82, 2.24) is 4.90 Å². The quantitative estimate of drug-likeness (QED) is 0.786. The molecule has 1 heterocycles. The zero-order chi connectivity index (χ0) is 19.2. The third kappa shape index (κ3) is 4.73. The third-order valence-electron chi connectivity index (χ3n) is 5.60. The smallest absolute Gasteiger partial charge is 0.341 e. The first kappa shape index (κ1) is 19.5. The van der Waals surface area contributed by atoms with E-state index in [0.717, 1.165) is 19.4 Å². The summed E-state index contributed by atoms with van der Waals surface area (Å²) in [6, 6.07) is 5.36. The van der Waals surface area contributed by atoms with E-state index in [-0.39, 0.29) is 5.91 Å². The maximum absolute atomic E-state index is 13.2. The molecule has 1 N–H and O–H groups in total. The number of rotatable bonds is 7. The predicted molar refractivity (Wildman–Crippen MR) is 101 cm³/mol. The summed E-state index contributed by atoms with van der Waals surface area (Å²) in [5.41, 5.74) is 0.573. The van der Waals surface area contributed by atoms with Crippen molar-refractivity contribution >= 4 is 11.9 Å². The van der Waals surface area contributed by atoms with Crippen LogP contribution in [0, 0.1) is 5.92 Å². The van der Waals surface area contributed by atoms with Crippen LogP contribution in [0.4, 0.5) is 0 Å². The van der Waals surface area contributed by atoms with Crippen molar-refractivity contribution < 1.29 is 24.2 Å². The number of carbonyl (C=O) groups is 2. The number of carboxylic acid groups (broad SMARTS) is 1. The Morgan fingerprint density at radius 2 is 1.85 bits per heavy atom. The van der Waals surface area contributed by atoms with Crippen LogP contribution in [0.2, 0.25) is 0 Å². The average Bonchev–Trinajstić information content (AvgIpc) is 3.17. The number of ether oxygens (including phenoxy) is 2. The molecule has 1 aromatic rings. The molecule has 27 heavy (non-hydrogen) atoms. The van der Waals surface area contributed by atoms with Crippen molar-refractivity contribution in [3.05, 3.63) is 23.8 Å². The second-order valence-corrected chi connectivity index (χ2v) is 7.38. The molecule has 1 unspecified atom stereocenters. The minimum Gasteiger partial charge on any atom is -0.490 e. The molecule has 1 aromatic carbocycles. The van der Waals surface area contributed by atoms with Crippen molar-refractivity contribution in [1.29, 1.82) is 0 Å². The van der Waals surface area contributed by atoms with Crippen molar-refractivity contribution in [2.75, 3.05) is 19.8 Å². The predicted octanol–water partition coefficient (Wildman–Crippen LogP) is 3.73. The number of likely N-dealkylation sites (tertiary alicyclic amines) is 1. The Kier molecular flexibility index (Phi) is 6.58. The lowest BCUT2D eigenvalue weighted by Gasteiger charge is -2.34. The fourth-order valence-corrected chi connectivity index (χ4v) is 4.39. The number of carboxylic acids is 1. The van der Waals surface area contributed by atoms with Crippen LogP contribution in [-0.4, -0.2) is 47.7 Å². The van der Waals surface area contributed by atoms with E-state index in [0.29, 0.717) is 35.6 Å². The molecule has 1 aliphatic heterocycles. The Morgan fingerprint density at radius 1 is 1.07 bits per heavy atom. The summed E-state index contributed by atoms with van der Waals surface area (Å²) in [5, 5.41) is 8.81.